The molecule has 0 aromatic heterocycles. The third-order valence-corrected chi connectivity index (χ3v) is 4.89. The Hall–Kier alpha value is 1.46. The van der Waals surface area contributed by atoms with Gasteiger partial charge in [-0.2, -0.15) is 0 Å². The maximum absolute atomic E-state index is 2.64. The van der Waals surface area contributed by atoms with Crippen molar-refractivity contribution < 1.29 is 0 Å². The van der Waals surface area contributed by atoms with E-state index in [9.17, 15) is 0 Å². The van der Waals surface area contributed by atoms with Crippen LogP contribution in [0.5, 0.6) is 0 Å². The monoisotopic (exact) mass is 334 g/mol. The standard InChI is InChI=1S/C6H8I2/c7-5-1-2-6(8,3-5)4-5/h1-4H2. The molecular weight excluding hydrogens is 326 g/mol. The minimum Gasteiger partial charge on any atom is -0.0788 e. The summed E-state index contributed by atoms with van der Waals surface area (Å²) in [6, 6.07) is 0. The molecule has 46 valence electrons. The van der Waals surface area contributed by atoms with Crippen molar-refractivity contribution in [3.63, 3.8) is 0 Å². The van der Waals surface area contributed by atoms with Gasteiger partial charge in [0.1, 0.15) is 0 Å². The largest absolute Gasteiger partial charge is 0.0788 e. The van der Waals surface area contributed by atoms with Gasteiger partial charge in [-0.05, 0) is 25.7 Å². The number of fused-ring (bicyclic) bond motifs is 1. The van der Waals surface area contributed by atoms with E-state index in [1.807, 2.05) is 0 Å². The fourth-order valence-corrected chi connectivity index (χ4v) is 6.80. The molecule has 0 nitrogen and oxygen atoms in total. The van der Waals surface area contributed by atoms with Gasteiger partial charge >= 0.3 is 0 Å². The summed E-state index contributed by atoms with van der Waals surface area (Å²) in [5.74, 6) is 0. The summed E-state index contributed by atoms with van der Waals surface area (Å²) in [6.45, 7) is 0. The van der Waals surface area contributed by atoms with Crippen molar-refractivity contribution in [2.24, 2.45) is 0 Å². The average Bonchev–Trinajstić information content (AvgIpc) is 1.88. The first-order valence-corrected chi connectivity index (χ1v) is 5.16. The lowest BCUT2D eigenvalue weighted by molar-refractivity contribution is 0.418. The van der Waals surface area contributed by atoms with Gasteiger partial charge in [0.2, 0.25) is 0 Å². The zero-order valence-electron chi connectivity index (χ0n) is 4.58. The third-order valence-electron chi connectivity index (χ3n) is 2.29. The predicted molar refractivity (Wildman–Crippen MR) is 52.0 cm³/mol. The Morgan fingerprint density at radius 2 is 1.25 bits per heavy atom. The van der Waals surface area contributed by atoms with Crippen molar-refractivity contribution in [1.29, 1.82) is 0 Å². The van der Waals surface area contributed by atoms with Crippen LogP contribution in [-0.2, 0) is 0 Å². The molecule has 0 aliphatic heterocycles. The smallest absolute Gasteiger partial charge is 0.0248 e. The normalized spacial score (nSPS) is 60.8. The molecule has 3 aliphatic rings. The molecule has 3 aliphatic carbocycles. The Kier molecular flexibility index (Phi) is 1.19. The number of hydrogen-bond donors (Lipinski definition) is 0. The fourth-order valence-electron chi connectivity index (χ4n) is 1.89. The van der Waals surface area contributed by atoms with Crippen molar-refractivity contribution >= 4 is 45.2 Å². The number of hydrogen-bond acceptors (Lipinski definition) is 0. The highest BCUT2D eigenvalue weighted by Crippen LogP contribution is 2.64. The molecule has 3 rings (SSSR count). The molecule has 2 bridgehead atoms. The minimum absolute atomic E-state index is 0.763. The maximum Gasteiger partial charge on any atom is 0.0248 e. The van der Waals surface area contributed by atoms with Crippen molar-refractivity contribution in [3.8, 4) is 0 Å². The summed E-state index contributed by atoms with van der Waals surface area (Å²) in [5, 5.41) is 0. The van der Waals surface area contributed by atoms with Crippen LogP contribution in [-0.4, -0.2) is 6.84 Å². The Balaban J connectivity index is 2.22. The Labute approximate surface area is 77.1 Å². The van der Waals surface area contributed by atoms with Gasteiger partial charge in [0.25, 0.3) is 0 Å². The van der Waals surface area contributed by atoms with E-state index in [0.29, 0.717) is 0 Å². The highest BCUT2D eigenvalue weighted by molar-refractivity contribution is 14.1. The SMILES string of the molecule is IC12CCC(I)(C1)C2. The molecule has 2 heteroatoms. The number of alkyl halides is 2. The molecule has 8 heavy (non-hydrogen) atoms. The van der Waals surface area contributed by atoms with Crippen LogP contribution in [0.25, 0.3) is 0 Å². The van der Waals surface area contributed by atoms with Gasteiger partial charge in [-0.1, -0.05) is 45.2 Å². The van der Waals surface area contributed by atoms with Crippen molar-refractivity contribution in [2.75, 3.05) is 0 Å². The summed E-state index contributed by atoms with van der Waals surface area (Å²) in [7, 11) is 0. The molecule has 0 spiro atoms. The second-order valence-electron chi connectivity index (χ2n) is 3.16. The van der Waals surface area contributed by atoms with Gasteiger partial charge in [-0.25, -0.2) is 0 Å². The first kappa shape index (κ1) is 6.19. The maximum atomic E-state index is 2.64. The molecule has 0 saturated heterocycles. The Morgan fingerprint density at radius 3 is 1.38 bits per heavy atom. The van der Waals surface area contributed by atoms with E-state index in [1.165, 1.54) is 25.7 Å². The van der Waals surface area contributed by atoms with Gasteiger partial charge in [0.15, 0.2) is 0 Å². The molecule has 0 N–H and O–H groups in total. The van der Waals surface area contributed by atoms with Crippen LogP contribution in [0.3, 0.4) is 0 Å². The molecule has 0 radical (unpaired) electrons. The molecule has 0 amide bonds. The molecule has 0 atom stereocenters. The number of rotatable bonds is 0. The Bertz CT molecular complexity index is 110. The van der Waals surface area contributed by atoms with Crippen LogP contribution >= 0.6 is 45.2 Å². The van der Waals surface area contributed by atoms with E-state index in [2.05, 4.69) is 45.2 Å². The van der Waals surface area contributed by atoms with Crippen molar-refractivity contribution in [3.05, 3.63) is 0 Å². The molecule has 3 fully saturated rings. The summed E-state index contributed by atoms with van der Waals surface area (Å²) in [6.07, 6.45) is 5.94. The summed E-state index contributed by atoms with van der Waals surface area (Å²) >= 11 is 5.27. The van der Waals surface area contributed by atoms with Crippen LogP contribution in [0.2, 0.25) is 0 Å². The van der Waals surface area contributed by atoms with Gasteiger partial charge in [0.05, 0.1) is 0 Å². The van der Waals surface area contributed by atoms with E-state index >= 15 is 0 Å². The third kappa shape index (κ3) is 0.744. The van der Waals surface area contributed by atoms with E-state index in [4.69, 9.17) is 0 Å². The average molecular weight is 334 g/mol. The van der Waals surface area contributed by atoms with Gasteiger partial charge in [0, 0.05) is 6.84 Å². The lowest BCUT2D eigenvalue weighted by Crippen LogP contribution is -2.38. The van der Waals surface area contributed by atoms with Crippen LogP contribution in [0, 0.1) is 0 Å². The van der Waals surface area contributed by atoms with E-state index < -0.39 is 0 Å². The summed E-state index contributed by atoms with van der Waals surface area (Å²) in [4.78, 5) is 0. The highest BCUT2D eigenvalue weighted by Gasteiger charge is 2.57. The zero-order valence-corrected chi connectivity index (χ0v) is 8.90. The summed E-state index contributed by atoms with van der Waals surface area (Å²) < 4.78 is 1.53. The lowest BCUT2D eigenvalue weighted by atomic mass is 9.84. The topological polar surface area (TPSA) is 0 Å². The first-order valence-electron chi connectivity index (χ1n) is 3.00. The highest BCUT2D eigenvalue weighted by atomic mass is 127. The zero-order chi connectivity index (χ0) is 5.83. The minimum atomic E-state index is 0.763. The molecule has 3 saturated carbocycles. The molecule has 0 aromatic rings. The van der Waals surface area contributed by atoms with Crippen LogP contribution in [0.1, 0.15) is 25.7 Å². The van der Waals surface area contributed by atoms with Gasteiger partial charge in [-0.15, -0.1) is 0 Å². The second-order valence-corrected chi connectivity index (χ2v) is 7.73. The first-order chi connectivity index (χ1) is 3.62. The predicted octanol–water partition coefficient (Wildman–Crippen LogP) is 2.92. The van der Waals surface area contributed by atoms with E-state index in [0.717, 1.165) is 6.84 Å². The molecule has 0 aromatic carbocycles. The fraction of sp³-hybridized carbons (Fsp3) is 1.00. The molecular formula is C6H8I2. The van der Waals surface area contributed by atoms with E-state index in [1.54, 1.807) is 0 Å². The number of halogens is 2. The van der Waals surface area contributed by atoms with Crippen LogP contribution in [0.15, 0.2) is 0 Å². The van der Waals surface area contributed by atoms with Crippen LogP contribution in [0.4, 0.5) is 0 Å². The molecule has 0 heterocycles. The van der Waals surface area contributed by atoms with Gasteiger partial charge < -0.3 is 0 Å². The van der Waals surface area contributed by atoms with Crippen LogP contribution < -0.4 is 0 Å². The molecule has 0 unspecified atom stereocenters. The quantitative estimate of drug-likeness (QED) is 0.472. The van der Waals surface area contributed by atoms with Crippen molar-refractivity contribution in [1.82, 2.24) is 0 Å². The van der Waals surface area contributed by atoms with E-state index in [-0.39, 0.29) is 0 Å². The van der Waals surface area contributed by atoms with Crippen molar-refractivity contribution in [2.45, 2.75) is 32.5 Å². The summed E-state index contributed by atoms with van der Waals surface area (Å²) in [5.41, 5.74) is 0. The lowest BCUT2D eigenvalue weighted by Gasteiger charge is -2.39. The Morgan fingerprint density at radius 1 is 0.875 bits per heavy atom. The second kappa shape index (κ2) is 1.54. The van der Waals surface area contributed by atoms with Gasteiger partial charge in [-0.3, -0.25) is 0 Å².